The van der Waals surface area contributed by atoms with E-state index in [9.17, 15) is 13.2 Å². The van der Waals surface area contributed by atoms with Crippen LogP contribution in [-0.4, -0.2) is 20.4 Å². The molecule has 0 saturated heterocycles. The lowest BCUT2D eigenvalue weighted by molar-refractivity contribution is 0.102. The van der Waals surface area contributed by atoms with E-state index in [0.29, 0.717) is 33.9 Å². The molecule has 3 rings (SSSR count). The molecule has 3 aromatic rings. The first-order valence-corrected chi connectivity index (χ1v) is 14.2. The van der Waals surface area contributed by atoms with Crippen molar-refractivity contribution < 1.29 is 13.2 Å². The van der Waals surface area contributed by atoms with Crippen LogP contribution in [0.4, 0.5) is 5.69 Å². The summed E-state index contributed by atoms with van der Waals surface area (Å²) in [7, 11) is -3.77. The molecule has 0 bridgehead atoms. The largest absolute Gasteiger partial charge is 0.321 e. The standard InChI is InChI=1S/C30H38N2O3S/c1-6-12-24(19-21(3)7-2)20-23(5)32-36(34,35)29-18-17-28(26-15-10-11-16-27(26)29)31-30(33)25-14-9-8-13-22(25)4/h6,8-11,13-18,21,23-24,32H,1,7,12,19-20H2,2-5H3,(H,31,33). The van der Waals surface area contributed by atoms with Gasteiger partial charge in [0.05, 0.1) is 4.90 Å². The Morgan fingerprint density at radius 1 is 0.972 bits per heavy atom. The van der Waals surface area contributed by atoms with Gasteiger partial charge in [-0.1, -0.05) is 68.8 Å². The van der Waals surface area contributed by atoms with Crippen LogP contribution in [0.25, 0.3) is 10.8 Å². The molecule has 0 spiro atoms. The van der Waals surface area contributed by atoms with Gasteiger partial charge in [-0.2, -0.15) is 0 Å². The quantitative estimate of drug-likeness (QED) is 0.258. The number of rotatable bonds is 12. The van der Waals surface area contributed by atoms with Gasteiger partial charge in [0.25, 0.3) is 5.91 Å². The Balaban J connectivity index is 1.85. The van der Waals surface area contributed by atoms with E-state index < -0.39 is 10.0 Å². The van der Waals surface area contributed by atoms with Crippen LogP contribution < -0.4 is 10.0 Å². The molecule has 1 amide bonds. The minimum absolute atomic E-state index is 0.209. The second kappa shape index (κ2) is 12.3. The number of benzene rings is 3. The zero-order valence-corrected chi connectivity index (χ0v) is 22.6. The van der Waals surface area contributed by atoms with E-state index >= 15 is 0 Å². The number of nitrogens with one attached hydrogen (secondary N) is 2. The zero-order valence-electron chi connectivity index (χ0n) is 21.8. The average molecular weight is 507 g/mol. The van der Waals surface area contributed by atoms with Gasteiger partial charge >= 0.3 is 0 Å². The van der Waals surface area contributed by atoms with Gasteiger partial charge in [0.2, 0.25) is 10.0 Å². The first-order valence-electron chi connectivity index (χ1n) is 12.7. The number of carbonyl (C=O) groups excluding carboxylic acids is 1. The molecular weight excluding hydrogens is 468 g/mol. The van der Waals surface area contributed by atoms with Gasteiger partial charge in [0, 0.05) is 28.1 Å². The Morgan fingerprint density at radius 3 is 2.31 bits per heavy atom. The van der Waals surface area contributed by atoms with E-state index in [1.165, 1.54) is 0 Å². The number of carbonyl (C=O) groups is 1. The molecule has 0 aliphatic carbocycles. The molecule has 0 radical (unpaired) electrons. The molecule has 0 aliphatic rings. The van der Waals surface area contributed by atoms with Gasteiger partial charge in [-0.25, -0.2) is 13.1 Å². The van der Waals surface area contributed by atoms with Crippen LogP contribution in [-0.2, 0) is 10.0 Å². The van der Waals surface area contributed by atoms with Crippen molar-refractivity contribution >= 4 is 32.4 Å². The third-order valence-electron chi connectivity index (χ3n) is 6.79. The topological polar surface area (TPSA) is 75.3 Å². The first kappa shape index (κ1) is 27.6. The first-order chi connectivity index (χ1) is 17.2. The minimum Gasteiger partial charge on any atom is -0.321 e. The highest BCUT2D eigenvalue weighted by atomic mass is 32.2. The third kappa shape index (κ3) is 6.83. The summed E-state index contributed by atoms with van der Waals surface area (Å²) in [5, 5.41) is 4.21. The number of hydrogen-bond acceptors (Lipinski definition) is 3. The van der Waals surface area contributed by atoms with Crippen LogP contribution in [0.5, 0.6) is 0 Å². The molecule has 36 heavy (non-hydrogen) atoms. The molecule has 192 valence electrons. The van der Waals surface area contributed by atoms with E-state index in [0.717, 1.165) is 31.2 Å². The molecule has 3 atom stereocenters. The highest BCUT2D eigenvalue weighted by molar-refractivity contribution is 7.89. The van der Waals surface area contributed by atoms with Crippen molar-refractivity contribution in [2.24, 2.45) is 11.8 Å². The Bertz CT molecular complexity index is 1320. The Hall–Kier alpha value is -2.96. The molecule has 2 N–H and O–H groups in total. The number of sulfonamides is 1. The van der Waals surface area contributed by atoms with Gasteiger partial charge in [-0.05, 0) is 68.7 Å². The van der Waals surface area contributed by atoms with Crippen LogP contribution in [0, 0.1) is 18.8 Å². The molecule has 0 aromatic heterocycles. The van der Waals surface area contributed by atoms with E-state index in [1.807, 2.05) is 56.3 Å². The van der Waals surface area contributed by atoms with Crippen molar-refractivity contribution in [1.29, 1.82) is 0 Å². The van der Waals surface area contributed by atoms with Gasteiger partial charge in [0.15, 0.2) is 0 Å². The van der Waals surface area contributed by atoms with Crippen LogP contribution in [0.1, 0.15) is 62.4 Å². The summed E-state index contributed by atoms with van der Waals surface area (Å²) >= 11 is 0. The van der Waals surface area contributed by atoms with E-state index in [2.05, 4.69) is 30.5 Å². The summed E-state index contributed by atoms with van der Waals surface area (Å²) < 4.78 is 29.8. The van der Waals surface area contributed by atoms with Crippen molar-refractivity contribution in [3.8, 4) is 0 Å². The summed E-state index contributed by atoms with van der Waals surface area (Å²) in [6, 6.07) is 17.7. The number of hydrogen-bond donors (Lipinski definition) is 2. The minimum atomic E-state index is -3.77. The summed E-state index contributed by atoms with van der Waals surface area (Å²) in [6.45, 7) is 12.1. The molecule has 0 heterocycles. The normalized spacial score (nSPS) is 14.2. The summed E-state index contributed by atoms with van der Waals surface area (Å²) in [5.41, 5.74) is 2.03. The van der Waals surface area contributed by atoms with Crippen molar-refractivity contribution in [2.75, 3.05) is 5.32 Å². The van der Waals surface area contributed by atoms with Crippen molar-refractivity contribution in [1.82, 2.24) is 4.72 Å². The Labute approximate surface area is 216 Å². The number of fused-ring (bicyclic) bond motifs is 1. The molecule has 5 nitrogen and oxygen atoms in total. The second-order valence-corrected chi connectivity index (χ2v) is 11.5. The van der Waals surface area contributed by atoms with Crippen molar-refractivity contribution in [2.45, 2.75) is 64.3 Å². The van der Waals surface area contributed by atoms with Gasteiger partial charge < -0.3 is 5.32 Å². The summed E-state index contributed by atoms with van der Waals surface area (Å²) in [4.78, 5) is 13.1. The summed E-state index contributed by atoms with van der Waals surface area (Å²) in [6.07, 6.45) is 5.69. The fourth-order valence-corrected chi connectivity index (χ4v) is 6.24. The van der Waals surface area contributed by atoms with Gasteiger partial charge in [-0.3, -0.25) is 4.79 Å². The lowest BCUT2D eigenvalue weighted by Gasteiger charge is -2.23. The van der Waals surface area contributed by atoms with Gasteiger partial charge in [-0.15, -0.1) is 6.58 Å². The van der Waals surface area contributed by atoms with Gasteiger partial charge in [0.1, 0.15) is 0 Å². The highest BCUT2D eigenvalue weighted by Gasteiger charge is 2.23. The second-order valence-electron chi connectivity index (χ2n) is 9.82. The lowest BCUT2D eigenvalue weighted by atomic mass is 9.87. The molecule has 3 unspecified atom stereocenters. The zero-order chi connectivity index (χ0) is 26.3. The van der Waals surface area contributed by atoms with E-state index in [1.54, 1.807) is 24.3 Å². The predicted octanol–water partition coefficient (Wildman–Crippen LogP) is 7.09. The monoisotopic (exact) mass is 506 g/mol. The lowest BCUT2D eigenvalue weighted by Crippen LogP contribution is -2.34. The fourth-order valence-electron chi connectivity index (χ4n) is 4.77. The smallest absolute Gasteiger partial charge is 0.255 e. The van der Waals surface area contributed by atoms with Crippen LogP contribution in [0.3, 0.4) is 0 Å². The Kier molecular flexibility index (Phi) is 9.46. The van der Waals surface area contributed by atoms with Crippen LogP contribution in [0.15, 0.2) is 78.2 Å². The van der Waals surface area contributed by atoms with Crippen molar-refractivity contribution in [3.63, 3.8) is 0 Å². The molecule has 3 aromatic carbocycles. The van der Waals surface area contributed by atoms with E-state index in [-0.39, 0.29) is 16.8 Å². The molecule has 0 saturated carbocycles. The fraction of sp³-hybridized carbons (Fsp3) is 0.367. The SMILES string of the molecule is C=CCC(CC(C)CC)CC(C)NS(=O)(=O)c1ccc(NC(=O)c2ccccc2C)c2ccccc12. The predicted molar refractivity (Wildman–Crippen MR) is 150 cm³/mol. The molecular formula is C30H38N2O3S. The van der Waals surface area contributed by atoms with Crippen LogP contribution >= 0.6 is 0 Å². The maximum atomic E-state index is 13.5. The number of anilines is 1. The number of aryl methyl sites for hydroxylation is 1. The third-order valence-corrected chi connectivity index (χ3v) is 8.44. The van der Waals surface area contributed by atoms with E-state index in [4.69, 9.17) is 0 Å². The van der Waals surface area contributed by atoms with Crippen molar-refractivity contribution in [3.05, 3.63) is 84.4 Å². The highest BCUT2D eigenvalue weighted by Crippen LogP contribution is 2.31. The van der Waals surface area contributed by atoms with Crippen LogP contribution in [0.2, 0.25) is 0 Å². The molecule has 6 heteroatoms. The number of allylic oxidation sites excluding steroid dienone is 1. The molecule has 0 fully saturated rings. The Morgan fingerprint density at radius 2 is 1.64 bits per heavy atom. The molecule has 0 aliphatic heterocycles. The summed E-state index contributed by atoms with van der Waals surface area (Å²) in [5.74, 6) is 0.742. The maximum absolute atomic E-state index is 13.5. The maximum Gasteiger partial charge on any atom is 0.255 e. The number of amides is 1. The average Bonchev–Trinajstić information content (AvgIpc) is 2.83.